The maximum absolute atomic E-state index is 5.14. The zero-order valence-electron chi connectivity index (χ0n) is 17.8. The third-order valence-electron chi connectivity index (χ3n) is 5.66. The molecule has 0 spiro atoms. The maximum Gasteiger partial charge on any atom is 0.252 e. The summed E-state index contributed by atoms with van der Waals surface area (Å²) in [6.07, 6.45) is 0. The van der Waals surface area contributed by atoms with Gasteiger partial charge in [0.15, 0.2) is 0 Å². The topological polar surface area (TPSA) is 43.1 Å². The second-order valence-corrected chi connectivity index (χ2v) is 7.79. The Morgan fingerprint density at radius 1 is 0.394 bits per heavy atom. The Balaban J connectivity index is 1.71. The van der Waals surface area contributed by atoms with Gasteiger partial charge in [-0.25, -0.2) is 9.97 Å². The van der Waals surface area contributed by atoms with Gasteiger partial charge in [0.1, 0.15) is 22.8 Å². The van der Waals surface area contributed by atoms with Crippen LogP contribution in [0, 0.1) is 0 Å². The van der Waals surface area contributed by atoms with E-state index in [1.807, 2.05) is 77.3 Å². The highest BCUT2D eigenvalue weighted by Crippen LogP contribution is 2.35. The van der Waals surface area contributed by atoms with Gasteiger partial charge in [0.2, 0.25) is 0 Å². The van der Waals surface area contributed by atoms with Crippen LogP contribution in [0.3, 0.4) is 0 Å². The van der Waals surface area contributed by atoms with E-state index in [9.17, 15) is 0 Å². The highest BCUT2D eigenvalue weighted by atomic mass is 15.3. The Morgan fingerprint density at radius 3 is 1.30 bits per heavy atom. The number of aromatic nitrogens is 4. The summed E-state index contributed by atoms with van der Waals surface area (Å²) >= 11 is 0. The summed E-state index contributed by atoms with van der Waals surface area (Å²) in [5.41, 5.74) is 7.54. The summed E-state index contributed by atoms with van der Waals surface area (Å²) in [4.78, 5) is 10.0. The second kappa shape index (κ2) is 8.17. The number of fused-ring (bicyclic) bond motifs is 1. The molecule has 6 rings (SSSR count). The minimum Gasteiger partial charge on any atom is -0.209 e. The van der Waals surface area contributed by atoms with E-state index in [1.165, 1.54) is 0 Å². The molecule has 6 aromatic rings. The zero-order valence-corrected chi connectivity index (χ0v) is 17.8. The van der Waals surface area contributed by atoms with Gasteiger partial charge in [-0.15, -0.1) is 0 Å². The fourth-order valence-corrected chi connectivity index (χ4v) is 4.11. The van der Waals surface area contributed by atoms with E-state index in [2.05, 4.69) is 48.5 Å². The third kappa shape index (κ3) is 3.48. The van der Waals surface area contributed by atoms with Gasteiger partial charge in [-0.2, -0.15) is 9.61 Å². The first-order valence-electron chi connectivity index (χ1n) is 10.9. The molecule has 0 aliphatic heterocycles. The van der Waals surface area contributed by atoms with Crippen molar-refractivity contribution in [3.63, 3.8) is 0 Å². The predicted octanol–water partition coefficient (Wildman–Crippen LogP) is 6.79. The van der Waals surface area contributed by atoms with Crippen molar-refractivity contribution in [2.75, 3.05) is 0 Å². The molecule has 0 aliphatic carbocycles. The first kappa shape index (κ1) is 19.1. The summed E-state index contributed by atoms with van der Waals surface area (Å²) in [6.45, 7) is 0. The van der Waals surface area contributed by atoms with Crippen LogP contribution in [-0.2, 0) is 0 Å². The maximum atomic E-state index is 5.14. The molecule has 0 bridgehead atoms. The molecule has 0 unspecified atom stereocenters. The molecular weight excluding hydrogens is 404 g/mol. The summed E-state index contributed by atoms with van der Waals surface area (Å²) in [7, 11) is 0. The largest absolute Gasteiger partial charge is 0.252 e. The Hall–Kier alpha value is -4.57. The molecule has 0 saturated carbocycles. The minimum absolute atomic E-state index is 0.575. The molecule has 33 heavy (non-hydrogen) atoms. The fraction of sp³-hybridized carbons (Fsp3) is 0. The number of rotatable bonds is 4. The lowest BCUT2D eigenvalue weighted by atomic mass is 10.0. The van der Waals surface area contributed by atoms with E-state index in [0.717, 1.165) is 45.0 Å². The molecule has 156 valence electrons. The molecule has 0 atom stereocenters. The van der Waals surface area contributed by atoms with E-state index in [-0.39, 0.29) is 0 Å². The molecular formula is C29H20N4. The SMILES string of the molecule is c1ccc(-c2nc3nc(-c4ccccc4)c(-c4ccccc4)n3nc2-c2ccccc2)cc1. The van der Waals surface area contributed by atoms with Crippen molar-refractivity contribution in [2.45, 2.75) is 0 Å². The first-order chi connectivity index (χ1) is 16.4. The lowest BCUT2D eigenvalue weighted by molar-refractivity contribution is 0.918. The number of hydrogen-bond donors (Lipinski definition) is 0. The first-order valence-corrected chi connectivity index (χ1v) is 10.9. The molecule has 2 aromatic heterocycles. The number of nitrogens with zero attached hydrogens (tertiary/aromatic N) is 4. The van der Waals surface area contributed by atoms with Gasteiger partial charge in [0, 0.05) is 22.3 Å². The average molecular weight is 425 g/mol. The van der Waals surface area contributed by atoms with E-state index >= 15 is 0 Å². The van der Waals surface area contributed by atoms with Gasteiger partial charge in [-0.05, 0) is 0 Å². The highest BCUT2D eigenvalue weighted by molar-refractivity contribution is 5.83. The van der Waals surface area contributed by atoms with Gasteiger partial charge < -0.3 is 0 Å². The molecule has 2 heterocycles. The van der Waals surface area contributed by atoms with Crippen molar-refractivity contribution in [1.82, 2.24) is 19.6 Å². The van der Waals surface area contributed by atoms with Crippen LogP contribution in [0.25, 0.3) is 50.8 Å². The van der Waals surface area contributed by atoms with Crippen molar-refractivity contribution in [2.24, 2.45) is 0 Å². The van der Waals surface area contributed by atoms with Crippen LogP contribution in [0.1, 0.15) is 0 Å². The van der Waals surface area contributed by atoms with Gasteiger partial charge in [-0.3, -0.25) is 0 Å². The van der Waals surface area contributed by atoms with Crippen molar-refractivity contribution < 1.29 is 0 Å². The molecule has 4 aromatic carbocycles. The predicted molar refractivity (Wildman–Crippen MR) is 133 cm³/mol. The standard InChI is InChI=1S/C29H20N4/c1-5-13-21(14-6-1)25-26(22-15-7-2-8-16-22)32-33-28(24-19-11-4-12-20-24)27(31-29(33)30-25)23-17-9-3-10-18-23/h1-20H. The van der Waals surface area contributed by atoms with E-state index < -0.39 is 0 Å². The summed E-state index contributed by atoms with van der Waals surface area (Å²) in [5, 5.41) is 5.14. The van der Waals surface area contributed by atoms with Crippen LogP contribution in [0.15, 0.2) is 121 Å². The number of hydrogen-bond acceptors (Lipinski definition) is 3. The normalized spacial score (nSPS) is 11.0. The zero-order chi connectivity index (χ0) is 22.0. The summed E-state index contributed by atoms with van der Waals surface area (Å²) < 4.78 is 1.88. The van der Waals surface area contributed by atoms with Crippen molar-refractivity contribution >= 4 is 5.78 Å². The molecule has 0 radical (unpaired) electrons. The van der Waals surface area contributed by atoms with Crippen LogP contribution < -0.4 is 0 Å². The monoisotopic (exact) mass is 424 g/mol. The molecule has 4 heteroatoms. The Bertz CT molecular complexity index is 1490. The minimum atomic E-state index is 0.575. The molecule has 0 saturated heterocycles. The fourth-order valence-electron chi connectivity index (χ4n) is 4.11. The summed E-state index contributed by atoms with van der Waals surface area (Å²) in [6, 6.07) is 40.9. The van der Waals surface area contributed by atoms with Crippen molar-refractivity contribution in [3.8, 4) is 45.0 Å². The van der Waals surface area contributed by atoms with Crippen LogP contribution in [0.2, 0.25) is 0 Å². The van der Waals surface area contributed by atoms with Crippen molar-refractivity contribution in [3.05, 3.63) is 121 Å². The Kier molecular flexibility index (Phi) is 4.74. The van der Waals surface area contributed by atoms with Gasteiger partial charge in [0.05, 0.1) is 0 Å². The lowest BCUT2D eigenvalue weighted by Gasteiger charge is -2.10. The lowest BCUT2D eigenvalue weighted by Crippen LogP contribution is -2.03. The van der Waals surface area contributed by atoms with Crippen LogP contribution in [-0.4, -0.2) is 19.6 Å². The van der Waals surface area contributed by atoms with E-state index in [4.69, 9.17) is 15.1 Å². The summed E-state index contributed by atoms with van der Waals surface area (Å²) in [5.74, 6) is 0.575. The van der Waals surface area contributed by atoms with Gasteiger partial charge >= 0.3 is 0 Å². The number of benzene rings is 4. The van der Waals surface area contributed by atoms with E-state index in [1.54, 1.807) is 0 Å². The molecule has 0 N–H and O–H groups in total. The molecule has 4 nitrogen and oxygen atoms in total. The van der Waals surface area contributed by atoms with Crippen molar-refractivity contribution in [1.29, 1.82) is 0 Å². The van der Waals surface area contributed by atoms with Crippen LogP contribution in [0.4, 0.5) is 0 Å². The van der Waals surface area contributed by atoms with Gasteiger partial charge in [0.25, 0.3) is 5.78 Å². The molecule has 0 aliphatic rings. The van der Waals surface area contributed by atoms with Crippen LogP contribution in [0.5, 0.6) is 0 Å². The van der Waals surface area contributed by atoms with Crippen LogP contribution >= 0.6 is 0 Å². The van der Waals surface area contributed by atoms with Gasteiger partial charge in [-0.1, -0.05) is 121 Å². The number of imidazole rings is 1. The Morgan fingerprint density at radius 2 is 0.788 bits per heavy atom. The second-order valence-electron chi connectivity index (χ2n) is 7.79. The quantitative estimate of drug-likeness (QED) is 0.313. The highest BCUT2D eigenvalue weighted by Gasteiger charge is 2.21. The smallest absolute Gasteiger partial charge is 0.209 e. The Labute approximate surface area is 191 Å². The molecule has 0 amide bonds. The van der Waals surface area contributed by atoms with E-state index in [0.29, 0.717) is 5.78 Å². The molecule has 0 fully saturated rings. The third-order valence-corrected chi connectivity index (χ3v) is 5.66. The average Bonchev–Trinajstić information content (AvgIpc) is 3.28.